The predicted molar refractivity (Wildman–Crippen MR) is 36.5 cm³/mol. The van der Waals surface area contributed by atoms with Crippen LogP contribution in [0.1, 0.15) is 6.92 Å². The van der Waals surface area contributed by atoms with E-state index in [1.807, 2.05) is 0 Å². The van der Waals surface area contributed by atoms with Crippen molar-refractivity contribution in [2.75, 3.05) is 6.54 Å². The Balaban J connectivity index is 0. The van der Waals surface area contributed by atoms with Crippen molar-refractivity contribution in [2.24, 2.45) is 0 Å². The molecule has 0 aromatic heterocycles. The number of carboxylic acid groups (broad SMARTS) is 1. The van der Waals surface area contributed by atoms with Gasteiger partial charge in [-0.2, -0.15) is 12.6 Å². The summed E-state index contributed by atoms with van der Waals surface area (Å²) in [5, 5.41) is 11.4. The standard InChI is InChI=1S/C5H9NO3S.Na/c1-3(10)5(9)6-2-4(7)8;/h3,10H,2H2,1H3,(H,6,9)(H,7,8);/q;+1/p-1. The summed E-state index contributed by atoms with van der Waals surface area (Å²) in [7, 11) is 0. The van der Waals surface area contributed by atoms with E-state index in [0.29, 0.717) is 0 Å². The van der Waals surface area contributed by atoms with Gasteiger partial charge in [0.25, 0.3) is 0 Å². The molecule has 4 nitrogen and oxygen atoms in total. The number of carbonyl (C=O) groups is 2. The maximum absolute atomic E-state index is 10.6. The molecule has 0 heterocycles. The molecule has 1 unspecified atom stereocenters. The van der Waals surface area contributed by atoms with E-state index >= 15 is 0 Å². The van der Waals surface area contributed by atoms with Gasteiger partial charge in [-0.3, -0.25) is 4.79 Å². The van der Waals surface area contributed by atoms with Gasteiger partial charge in [-0.1, -0.05) is 0 Å². The van der Waals surface area contributed by atoms with Crippen molar-refractivity contribution in [3.8, 4) is 0 Å². The van der Waals surface area contributed by atoms with Crippen LogP contribution < -0.4 is 40.0 Å². The summed E-state index contributed by atoms with van der Waals surface area (Å²) >= 11 is 3.77. The molecule has 11 heavy (non-hydrogen) atoms. The van der Waals surface area contributed by atoms with Crippen LogP contribution in [0.3, 0.4) is 0 Å². The van der Waals surface area contributed by atoms with Gasteiger partial charge in [-0.05, 0) is 6.92 Å². The molecule has 0 saturated heterocycles. The minimum atomic E-state index is -1.30. The first-order chi connectivity index (χ1) is 4.54. The Morgan fingerprint density at radius 1 is 1.64 bits per heavy atom. The van der Waals surface area contributed by atoms with Crippen LogP contribution in [-0.4, -0.2) is 23.7 Å². The maximum atomic E-state index is 10.6. The Bertz CT molecular complexity index is 151. The fraction of sp³-hybridized carbons (Fsp3) is 0.600. The smallest absolute Gasteiger partial charge is 0.548 e. The summed E-state index contributed by atoms with van der Waals surface area (Å²) in [4.78, 5) is 20.3. The number of rotatable bonds is 3. The molecule has 1 N–H and O–H groups in total. The van der Waals surface area contributed by atoms with Gasteiger partial charge < -0.3 is 15.2 Å². The quantitative estimate of drug-likeness (QED) is 0.342. The van der Waals surface area contributed by atoms with E-state index in [4.69, 9.17) is 0 Å². The average molecular weight is 185 g/mol. The van der Waals surface area contributed by atoms with Crippen molar-refractivity contribution < 1.29 is 44.3 Å². The van der Waals surface area contributed by atoms with E-state index in [2.05, 4.69) is 17.9 Å². The first kappa shape index (κ1) is 13.9. The Hall–Kier alpha value is 0.290. The minimum absolute atomic E-state index is 0. The van der Waals surface area contributed by atoms with Gasteiger partial charge in [0.15, 0.2) is 0 Å². The first-order valence-electron chi connectivity index (χ1n) is 2.69. The average Bonchev–Trinajstić information content (AvgIpc) is 1.82. The van der Waals surface area contributed by atoms with Crippen molar-refractivity contribution in [3.63, 3.8) is 0 Å². The SMILES string of the molecule is CC(S)C(=O)NCC(=O)[O-].[Na+]. The molecule has 58 valence electrons. The van der Waals surface area contributed by atoms with Crippen LogP contribution >= 0.6 is 12.6 Å². The number of thiol groups is 1. The third kappa shape index (κ3) is 8.19. The van der Waals surface area contributed by atoms with Gasteiger partial charge in [0.2, 0.25) is 5.91 Å². The first-order valence-corrected chi connectivity index (χ1v) is 3.21. The van der Waals surface area contributed by atoms with Crippen molar-refractivity contribution in [3.05, 3.63) is 0 Å². The van der Waals surface area contributed by atoms with Crippen LogP contribution in [0.4, 0.5) is 0 Å². The van der Waals surface area contributed by atoms with Gasteiger partial charge in [-0.15, -0.1) is 0 Å². The number of carboxylic acids is 1. The molecule has 0 saturated carbocycles. The fourth-order valence-corrected chi connectivity index (χ4v) is 0.398. The molecule has 0 fully saturated rings. The Morgan fingerprint density at radius 3 is 2.36 bits per heavy atom. The Kier molecular flexibility index (Phi) is 8.77. The van der Waals surface area contributed by atoms with Gasteiger partial charge in [0.1, 0.15) is 0 Å². The second-order valence-corrected chi connectivity index (χ2v) is 2.54. The van der Waals surface area contributed by atoms with Crippen LogP contribution in [0.15, 0.2) is 0 Å². The molecular weight excluding hydrogens is 177 g/mol. The number of aliphatic carboxylic acids is 1. The third-order valence-corrected chi connectivity index (χ3v) is 1.02. The molecule has 0 aromatic rings. The zero-order valence-electron chi connectivity index (χ0n) is 6.46. The van der Waals surface area contributed by atoms with Crippen LogP contribution in [0.5, 0.6) is 0 Å². The van der Waals surface area contributed by atoms with Crippen molar-refractivity contribution in [1.82, 2.24) is 5.32 Å². The molecule has 6 heteroatoms. The van der Waals surface area contributed by atoms with Crippen LogP contribution in [0.25, 0.3) is 0 Å². The van der Waals surface area contributed by atoms with E-state index in [-0.39, 0.29) is 29.6 Å². The second kappa shape index (κ2) is 6.97. The summed E-state index contributed by atoms with van der Waals surface area (Å²) in [6, 6.07) is 0. The molecule has 0 aliphatic rings. The van der Waals surface area contributed by atoms with Crippen molar-refractivity contribution in [2.45, 2.75) is 12.2 Å². The van der Waals surface area contributed by atoms with E-state index in [1.165, 1.54) is 0 Å². The molecule has 1 amide bonds. The molecule has 0 aliphatic carbocycles. The van der Waals surface area contributed by atoms with Crippen LogP contribution in [-0.2, 0) is 9.59 Å². The largest absolute Gasteiger partial charge is 1.00 e. The summed E-state index contributed by atoms with van der Waals surface area (Å²) < 4.78 is 0. The molecular formula is C5H8NNaO3S. The molecule has 0 radical (unpaired) electrons. The molecule has 0 bridgehead atoms. The monoisotopic (exact) mass is 185 g/mol. The summed E-state index contributed by atoms with van der Waals surface area (Å²) in [5.74, 6) is -1.71. The van der Waals surface area contributed by atoms with Gasteiger partial charge in [-0.25, -0.2) is 0 Å². The number of nitrogens with one attached hydrogen (secondary N) is 1. The fourth-order valence-electron chi connectivity index (χ4n) is 0.307. The molecule has 0 aromatic carbocycles. The Labute approximate surface area is 92.4 Å². The molecule has 0 aliphatic heterocycles. The molecule has 0 spiro atoms. The van der Waals surface area contributed by atoms with E-state index in [0.717, 1.165) is 0 Å². The molecule has 1 atom stereocenters. The van der Waals surface area contributed by atoms with Gasteiger partial charge in [0.05, 0.1) is 17.8 Å². The van der Waals surface area contributed by atoms with E-state index in [1.54, 1.807) is 6.92 Å². The second-order valence-electron chi connectivity index (χ2n) is 1.77. The van der Waals surface area contributed by atoms with Crippen LogP contribution in [0, 0.1) is 0 Å². The minimum Gasteiger partial charge on any atom is -0.548 e. The zero-order valence-corrected chi connectivity index (χ0v) is 9.35. The predicted octanol–water partition coefficient (Wildman–Crippen LogP) is -4.83. The van der Waals surface area contributed by atoms with Gasteiger partial charge in [0, 0.05) is 0 Å². The topological polar surface area (TPSA) is 69.2 Å². The third-order valence-electron chi connectivity index (χ3n) is 0.786. The van der Waals surface area contributed by atoms with Crippen molar-refractivity contribution >= 4 is 24.5 Å². The van der Waals surface area contributed by atoms with Crippen molar-refractivity contribution in [1.29, 1.82) is 0 Å². The number of carbonyl (C=O) groups excluding carboxylic acids is 2. The van der Waals surface area contributed by atoms with E-state index in [9.17, 15) is 14.7 Å². The normalized spacial score (nSPS) is 11.1. The number of hydrogen-bond acceptors (Lipinski definition) is 4. The number of hydrogen-bond donors (Lipinski definition) is 2. The zero-order chi connectivity index (χ0) is 8.15. The van der Waals surface area contributed by atoms with Crippen LogP contribution in [0.2, 0.25) is 0 Å². The molecule has 0 rings (SSSR count). The summed E-state index contributed by atoms with van der Waals surface area (Å²) in [6.45, 7) is 1.09. The van der Waals surface area contributed by atoms with Gasteiger partial charge >= 0.3 is 29.6 Å². The summed E-state index contributed by atoms with van der Waals surface area (Å²) in [5.41, 5.74) is 0. The maximum Gasteiger partial charge on any atom is 1.00 e. The summed E-state index contributed by atoms with van der Waals surface area (Å²) in [6.07, 6.45) is 0. The van der Waals surface area contributed by atoms with E-state index < -0.39 is 23.7 Å². The number of amides is 1. The Morgan fingerprint density at radius 2 is 2.09 bits per heavy atom.